The smallest absolute Gasteiger partial charge is 0.224 e. The van der Waals surface area contributed by atoms with Crippen molar-refractivity contribution in [3.63, 3.8) is 0 Å². The van der Waals surface area contributed by atoms with Gasteiger partial charge in [-0.05, 0) is 61.8 Å². The van der Waals surface area contributed by atoms with Gasteiger partial charge in [-0.2, -0.15) is 0 Å². The Morgan fingerprint density at radius 3 is 2.71 bits per heavy atom. The maximum Gasteiger partial charge on any atom is 0.224 e. The molecule has 166 valence electrons. The summed E-state index contributed by atoms with van der Waals surface area (Å²) in [4.78, 5) is 27.0. The Balaban J connectivity index is 1.39. The molecule has 3 rings (SSSR count). The molecule has 0 saturated carbocycles. The zero-order chi connectivity index (χ0) is 22.1. The molecule has 5 nitrogen and oxygen atoms in total. The molecule has 1 atom stereocenters. The van der Waals surface area contributed by atoms with E-state index >= 15 is 0 Å². The highest BCUT2D eigenvalue weighted by atomic mass is 35.5. The summed E-state index contributed by atoms with van der Waals surface area (Å²) in [5.41, 5.74) is 1.94. The quantitative estimate of drug-likeness (QED) is 0.571. The minimum absolute atomic E-state index is 0.0347. The van der Waals surface area contributed by atoms with Gasteiger partial charge in [-0.1, -0.05) is 41.9 Å². The minimum atomic E-state index is -0.0347. The number of aryl methyl sites for hydroxylation is 1. The first-order chi connectivity index (χ1) is 15.0. The molecule has 1 N–H and O–H groups in total. The van der Waals surface area contributed by atoms with E-state index in [9.17, 15) is 9.59 Å². The lowest BCUT2D eigenvalue weighted by atomic mass is 9.93. The predicted octanol–water partition coefficient (Wildman–Crippen LogP) is 5.33. The molecule has 1 aliphatic rings. The van der Waals surface area contributed by atoms with Crippen molar-refractivity contribution in [1.82, 2.24) is 4.90 Å². The van der Waals surface area contributed by atoms with Gasteiger partial charge in [-0.25, -0.2) is 0 Å². The molecular formula is C25H31ClN2O3. The number of hydrogen-bond donors (Lipinski definition) is 1. The van der Waals surface area contributed by atoms with Crippen molar-refractivity contribution in [1.29, 1.82) is 0 Å². The summed E-state index contributed by atoms with van der Waals surface area (Å²) in [7, 11) is 1.56. The van der Waals surface area contributed by atoms with Gasteiger partial charge in [0.2, 0.25) is 11.8 Å². The summed E-state index contributed by atoms with van der Waals surface area (Å²) in [6, 6.07) is 15.5. The van der Waals surface area contributed by atoms with Crippen LogP contribution in [0.5, 0.6) is 5.75 Å². The van der Waals surface area contributed by atoms with Gasteiger partial charge in [0.1, 0.15) is 5.75 Å². The Bertz CT molecular complexity index is 872. The first-order valence-electron chi connectivity index (χ1n) is 11.0. The number of carbonyl (C=O) groups is 2. The van der Waals surface area contributed by atoms with Gasteiger partial charge in [0.15, 0.2) is 0 Å². The summed E-state index contributed by atoms with van der Waals surface area (Å²) in [6.45, 7) is 1.59. The standard InChI is InChI=1S/C25H31ClN2O3/c1-31-23-14-13-21(17-22(23)26)27-24(29)15-12-20-10-6-16-28(18-20)25(30)11-5-9-19-7-3-2-4-8-19/h2-4,7-8,13-14,17,20H,5-6,9-12,15-16,18H2,1H3,(H,27,29)/t20-/m1/s1. The number of amides is 2. The summed E-state index contributed by atoms with van der Waals surface area (Å²) in [5.74, 6) is 1.15. The Hall–Kier alpha value is -2.53. The molecule has 31 heavy (non-hydrogen) atoms. The molecule has 0 bridgehead atoms. The highest BCUT2D eigenvalue weighted by molar-refractivity contribution is 6.32. The van der Waals surface area contributed by atoms with E-state index in [-0.39, 0.29) is 11.8 Å². The van der Waals surface area contributed by atoms with Crippen LogP contribution in [0.4, 0.5) is 5.69 Å². The lowest BCUT2D eigenvalue weighted by Crippen LogP contribution is -2.40. The molecule has 2 aromatic carbocycles. The largest absolute Gasteiger partial charge is 0.495 e. The maximum absolute atomic E-state index is 12.6. The number of halogens is 1. The predicted molar refractivity (Wildman–Crippen MR) is 125 cm³/mol. The normalized spacial score (nSPS) is 16.1. The Kier molecular flexibility index (Phi) is 8.77. The van der Waals surface area contributed by atoms with Crippen molar-refractivity contribution in [2.24, 2.45) is 5.92 Å². The topological polar surface area (TPSA) is 58.6 Å². The van der Waals surface area contributed by atoms with Crippen molar-refractivity contribution in [2.45, 2.75) is 44.9 Å². The Morgan fingerprint density at radius 2 is 1.97 bits per heavy atom. The average molecular weight is 443 g/mol. The van der Waals surface area contributed by atoms with Gasteiger partial charge >= 0.3 is 0 Å². The second-order valence-electron chi connectivity index (χ2n) is 8.12. The second kappa shape index (κ2) is 11.8. The van der Waals surface area contributed by atoms with Crippen molar-refractivity contribution in [2.75, 3.05) is 25.5 Å². The molecule has 0 radical (unpaired) electrons. The van der Waals surface area contributed by atoms with Crippen LogP contribution < -0.4 is 10.1 Å². The van der Waals surface area contributed by atoms with Crippen LogP contribution in [0.15, 0.2) is 48.5 Å². The zero-order valence-corrected chi connectivity index (χ0v) is 18.9. The fourth-order valence-electron chi connectivity index (χ4n) is 4.08. The highest BCUT2D eigenvalue weighted by Crippen LogP contribution is 2.27. The van der Waals surface area contributed by atoms with E-state index in [4.69, 9.17) is 16.3 Å². The van der Waals surface area contributed by atoms with Crippen LogP contribution in [0.2, 0.25) is 5.02 Å². The third kappa shape index (κ3) is 7.28. The van der Waals surface area contributed by atoms with Crippen LogP contribution in [-0.2, 0) is 16.0 Å². The maximum atomic E-state index is 12.6. The fraction of sp³-hybridized carbons (Fsp3) is 0.440. The minimum Gasteiger partial charge on any atom is -0.495 e. The molecular weight excluding hydrogens is 412 g/mol. The third-order valence-corrected chi connectivity index (χ3v) is 6.08. The van der Waals surface area contributed by atoms with Gasteiger partial charge in [0.25, 0.3) is 0 Å². The molecule has 0 aromatic heterocycles. The highest BCUT2D eigenvalue weighted by Gasteiger charge is 2.23. The number of anilines is 1. The molecule has 6 heteroatoms. The molecule has 1 saturated heterocycles. The van der Waals surface area contributed by atoms with Crippen molar-refractivity contribution >= 4 is 29.1 Å². The number of carbonyl (C=O) groups excluding carboxylic acids is 2. The lowest BCUT2D eigenvalue weighted by molar-refractivity contribution is -0.133. The van der Waals surface area contributed by atoms with Gasteiger partial charge in [0, 0.05) is 31.6 Å². The third-order valence-electron chi connectivity index (χ3n) is 5.79. The zero-order valence-electron chi connectivity index (χ0n) is 18.1. The lowest BCUT2D eigenvalue weighted by Gasteiger charge is -2.33. The number of rotatable bonds is 9. The van der Waals surface area contributed by atoms with Crippen molar-refractivity contribution in [3.8, 4) is 5.75 Å². The summed E-state index contributed by atoms with van der Waals surface area (Å²) < 4.78 is 5.13. The van der Waals surface area contributed by atoms with Crippen LogP contribution in [0.25, 0.3) is 0 Å². The van der Waals surface area contributed by atoms with Crippen molar-refractivity contribution < 1.29 is 14.3 Å². The molecule has 1 aliphatic heterocycles. The van der Waals surface area contributed by atoms with Crippen LogP contribution >= 0.6 is 11.6 Å². The van der Waals surface area contributed by atoms with Gasteiger partial charge in [0.05, 0.1) is 12.1 Å². The van der Waals surface area contributed by atoms with Gasteiger partial charge in [-0.3, -0.25) is 9.59 Å². The number of benzene rings is 2. The summed E-state index contributed by atoms with van der Waals surface area (Å²) in [5, 5.41) is 3.36. The van der Waals surface area contributed by atoms with Gasteiger partial charge < -0.3 is 15.0 Å². The molecule has 2 amide bonds. The number of piperidine rings is 1. The number of nitrogens with one attached hydrogen (secondary N) is 1. The SMILES string of the molecule is COc1ccc(NC(=O)CC[C@H]2CCCN(C(=O)CCCc3ccccc3)C2)cc1Cl. The number of methoxy groups -OCH3 is 1. The molecule has 1 heterocycles. The molecule has 0 spiro atoms. The second-order valence-corrected chi connectivity index (χ2v) is 8.53. The Labute approximate surface area is 189 Å². The van der Waals surface area contributed by atoms with E-state index in [1.807, 2.05) is 23.1 Å². The number of nitrogens with zero attached hydrogens (tertiary/aromatic N) is 1. The van der Waals surface area contributed by atoms with E-state index < -0.39 is 0 Å². The Morgan fingerprint density at radius 1 is 1.16 bits per heavy atom. The van der Waals surface area contributed by atoms with Crippen LogP contribution in [0.3, 0.4) is 0 Å². The number of hydrogen-bond acceptors (Lipinski definition) is 3. The van der Waals surface area contributed by atoms with Crippen LogP contribution in [0.1, 0.15) is 44.1 Å². The first kappa shape index (κ1) is 23.1. The number of likely N-dealkylation sites (tertiary alicyclic amines) is 1. The van der Waals surface area contributed by atoms with E-state index in [2.05, 4.69) is 17.4 Å². The summed E-state index contributed by atoms with van der Waals surface area (Å²) >= 11 is 6.11. The van der Waals surface area contributed by atoms with E-state index in [0.717, 1.165) is 45.2 Å². The fourth-order valence-corrected chi connectivity index (χ4v) is 4.33. The van der Waals surface area contributed by atoms with Gasteiger partial charge in [-0.15, -0.1) is 0 Å². The monoisotopic (exact) mass is 442 g/mol. The molecule has 2 aromatic rings. The number of ether oxygens (including phenoxy) is 1. The summed E-state index contributed by atoms with van der Waals surface area (Å²) in [6.07, 6.45) is 5.67. The average Bonchev–Trinajstić information content (AvgIpc) is 2.79. The van der Waals surface area contributed by atoms with E-state index in [1.165, 1.54) is 5.56 Å². The van der Waals surface area contributed by atoms with Crippen LogP contribution in [0, 0.1) is 5.92 Å². The molecule has 0 unspecified atom stereocenters. The van der Waals surface area contributed by atoms with Crippen LogP contribution in [-0.4, -0.2) is 36.9 Å². The van der Waals surface area contributed by atoms with E-state index in [1.54, 1.807) is 25.3 Å². The molecule has 0 aliphatic carbocycles. The van der Waals surface area contributed by atoms with E-state index in [0.29, 0.717) is 35.2 Å². The first-order valence-corrected chi connectivity index (χ1v) is 11.4. The molecule has 1 fully saturated rings. The van der Waals surface area contributed by atoms with Crippen molar-refractivity contribution in [3.05, 3.63) is 59.1 Å².